The van der Waals surface area contributed by atoms with Crippen molar-refractivity contribution in [1.29, 1.82) is 0 Å². The minimum absolute atomic E-state index is 0.0935. The monoisotopic (exact) mass is 776 g/mol. The van der Waals surface area contributed by atoms with Crippen LogP contribution in [-0.2, 0) is 16.2 Å². The number of ether oxygens (including phenoxy) is 1. The molecule has 1 fully saturated rings. The Labute approximate surface area is 317 Å². The zero-order valence-electron chi connectivity index (χ0n) is 29.8. The molecule has 4 aromatic carbocycles. The van der Waals surface area contributed by atoms with Crippen molar-refractivity contribution >= 4 is 49.7 Å². The third-order valence-electron chi connectivity index (χ3n) is 10.2. The van der Waals surface area contributed by atoms with Crippen LogP contribution in [0.15, 0.2) is 108 Å². The number of nitrogens with zero attached hydrogens (tertiary/aromatic N) is 2. The quantitative estimate of drug-likeness (QED) is 0.155. The zero-order valence-corrected chi connectivity index (χ0v) is 31.4. The molecule has 0 radical (unpaired) electrons. The second kappa shape index (κ2) is 14.8. The minimum atomic E-state index is -4.76. The number of hydrogen-bond acceptors (Lipinski definition) is 6. The molecule has 2 aliphatic rings. The summed E-state index contributed by atoms with van der Waals surface area (Å²) in [6.07, 6.45) is 0.193. The Morgan fingerprint density at radius 2 is 1.70 bits per heavy atom. The van der Waals surface area contributed by atoms with Crippen LogP contribution in [0.3, 0.4) is 0 Å². The maximum absolute atomic E-state index is 13.6. The molecule has 0 spiro atoms. The van der Waals surface area contributed by atoms with Gasteiger partial charge in [0.15, 0.2) is 0 Å². The maximum atomic E-state index is 13.6. The first-order chi connectivity index (χ1) is 25.6. The first-order valence-electron chi connectivity index (χ1n) is 17.7. The van der Waals surface area contributed by atoms with Crippen LogP contribution in [0.2, 0.25) is 5.02 Å². The molecular formula is C41H40ClF3N4O4S. The summed E-state index contributed by atoms with van der Waals surface area (Å²) in [6.45, 7) is 8.53. The van der Waals surface area contributed by atoms with Crippen LogP contribution < -0.4 is 14.4 Å². The van der Waals surface area contributed by atoms with Crippen LogP contribution in [0.1, 0.15) is 54.6 Å². The summed E-state index contributed by atoms with van der Waals surface area (Å²) in [5.41, 5.74) is 4.71. The maximum Gasteiger partial charge on any atom is 0.416 e. The van der Waals surface area contributed by atoms with Gasteiger partial charge >= 0.3 is 6.18 Å². The Hall–Kier alpha value is -4.78. The van der Waals surface area contributed by atoms with Crippen molar-refractivity contribution in [3.05, 3.63) is 124 Å². The lowest BCUT2D eigenvalue weighted by molar-refractivity contribution is -0.137. The van der Waals surface area contributed by atoms with Crippen LogP contribution in [-0.4, -0.2) is 56.9 Å². The Morgan fingerprint density at radius 3 is 2.44 bits per heavy atom. The summed E-state index contributed by atoms with van der Waals surface area (Å²) < 4.78 is 74.5. The number of rotatable bonds is 9. The Bertz CT molecular complexity index is 2330. The number of alkyl halides is 3. The van der Waals surface area contributed by atoms with Crippen molar-refractivity contribution in [1.82, 2.24) is 14.6 Å². The number of anilines is 1. The zero-order chi connectivity index (χ0) is 38.3. The van der Waals surface area contributed by atoms with Gasteiger partial charge in [0.2, 0.25) is 0 Å². The molecule has 1 saturated heterocycles. The molecule has 0 unspecified atom stereocenters. The number of aromatic nitrogens is 1. The van der Waals surface area contributed by atoms with E-state index in [1.165, 1.54) is 22.8 Å². The molecule has 1 amide bonds. The van der Waals surface area contributed by atoms with E-state index in [0.29, 0.717) is 24.9 Å². The average molecular weight is 777 g/mol. The van der Waals surface area contributed by atoms with Crippen LogP contribution in [0.4, 0.5) is 18.9 Å². The highest BCUT2D eigenvalue weighted by molar-refractivity contribution is 7.90. The van der Waals surface area contributed by atoms with E-state index >= 15 is 0 Å². The van der Waals surface area contributed by atoms with Gasteiger partial charge in [-0.25, -0.2) is 13.1 Å². The smallest absolute Gasteiger partial charge is 0.416 e. The summed E-state index contributed by atoms with van der Waals surface area (Å²) in [5, 5.41) is 1.59. The minimum Gasteiger partial charge on any atom is -0.456 e. The summed E-state index contributed by atoms with van der Waals surface area (Å²) in [7, 11) is -4.67. The van der Waals surface area contributed by atoms with Crippen molar-refractivity contribution < 1.29 is 31.1 Å². The number of sulfonamides is 1. The van der Waals surface area contributed by atoms with Crippen LogP contribution >= 0.6 is 11.6 Å². The number of piperazine rings is 1. The van der Waals surface area contributed by atoms with E-state index in [-0.39, 0.29) is 16.7 Å². The van der Waals surface area contributed by atoms with Crippen molar-refractivity contribution in [3.8, 4) is 11.5 Å². The molecule has 1 aromatic heterocycles. The van der Waals surface area contributed by atoms with E-state index in [4.69, 9.17) is 16.3 Å². The molecule has 0 bridgehead atoms. The van der Waals surface area contributed by atoms with Gasteiger partial charge in [-0.1, -0.05) is 49.2 Å². The molecule has 0 saturated carbocycles. The van der Waals surface area contributed by atoms with E-state index in [2.05, 4.69) is 40.8 Å². The van der Waals surface area contributed by atoms with Gasteiger partial charge in [-0.05, 0) is 103 Å². The predicted molar refractivity (Wildman–Crippen MR) is 206 cm³/mol. The second-order valence-corrected chi connectivity index (χ2v) is 16.8. The first kappa shape index (κ1) is 37.5. The second-order valence-electron chi connectivity index (χ2n) is 14.7. The topological polar surface area (TPSA) is 94.7 Å². The van der Waals surface area contributed by atoms with Gasteiger partial charge < -0.3 is 14.6 Å². The number of H-pyrrole nitrogens is 1. The molecular weight excluding hydrogens is 737 g/mol. The number of allylic oxidation sites excluding steroid dienone is 1. The van der Waals surface area contributed by atoms with Gasteiger partial charge in [0, 0.05) is 66.6 Å². The summed E-state index contributed by atoms with van der Waals surface area (Å²) in [5.74, 6) is -0.523. The van der Waals surface area contributed by atoms with E-state index in [1.54, 1.807) is 30.5 Å². The third kappa shape index (κ3) is 8.46. The summed E-state index contributed by atoms with van der Waals surface area (Å²) in [4.78, 5) is 20.7. The van der Waals surface area contributed by atoms with Gasteiger partial charge in [-0.3, -0.25) is 9.69 Å². The normalized spacial score (nSPS) is 16.8. The number of hydrogen-bond donors (Lipinski definition) is 2. The van der Waals surface area contributed by atoms with Crippen molar-refractivity contribution in [3.63, 3.8) is 0 Å². The fraction of sp³-hybridized carbons (Fsp3) is 0.293. The molecule has 8 nitrogen and oxygen atoms in total. The molecule has 54 heavy (non-hydrogen) atoms. The first-order valence-corrected chi connectivity index (χ1v) is 19.6. The fourth-order valence-corrected chi connectivity index (χ4v) is 8.31. The molecule has 0 atom stereocenters. The highest BCUT2D eigenvalue weighted by atomic mass is 35.5. The standard InChI is InChI=1S/C41H40ClF3N4O4S/c1-40(2)16-14-29(36(25-40)27-6-8-31(42)9-7-27)26-48-18-20-49(21-19-48)32-10-12-35(38(24-32)53-33-11-13-37-28(22-33)15-17-46-37)39(50)47-54(51,52)34-5-3-4-30(23-34)41(43,44)45/h3-13,15,17,22-24,46H,14,16,18-21,25-26H2,1-2H3,(H,47,50). The molecule has 5 aromatic rings. The molecule has 13 heteroatoms. The molecule has 282 valence electrons. The molecule has 1 aliphatic heterocycles. The number of carbonyl (C=O) groups is 1. The number of carbonyl (C=O) groups excluding carboxylic acids is 1. The van der Waals surface area contributed by atoms with E-state index in [1.807, 2.05) is 29.0 Å². The van der Waals surface area contributed by atoms with Crippen LogP contribution in [0.5, 0.6) is 11.5 Å². The largest absolute Gasteiger partial charge is 0.456 e. The molecule has 1 aliphatic carbocycles. The highest BCUT2D eigenvalue weighted by Gasteiger charge is 2.33. The Balaban J connectivity index is 1.12. The Kier molecular flexibility index (Phi) is 10.3. The average Bonchev–Trinajstić information content (AvgIpc) is 3.61. The van der Waals surface area contributed by atoms with Gasteiger partial charge in [0.1, 0.15) is 11.5 Å². The van der Waals surface area contributed by atoms with Crippen LogP contribution in [0, 0.1) is 5.41 Å². The van der Waals surface area contributed by atoms with Gasteiger partial charge in [0.05, 0.1) is 16.0 Å². The summed E-state index contributed by atoms with van der Waals surface area (Å²) in [6, 6.07) is 23.5. The number of fused-ring (bicyclic) bond motifs is 1. The van der Waals surface area contributed by atoms with Crippen molar-refractivity contribution in [2.45, 2.75) is 44.2 Å². The predicted octanol–water partition coefficient (Wildman–Crippen LogP) is 9.54. The number of halogens is 4. The number of benzene rings is 4. The lowest BCUT2D eigenvalue weighted by Gasteiger charge is -2.39. The lowest BCUT2D eigenvalue weighted by Crippen LogP contribution is -2.47. The van der Waals surface area contributed by atoms with E-state index < -0.39 is 32.6 Å². The van der Waals surface area contributed by atoms with Crippen LogP contribution in [0.25, 0.3) is 16.5 Å². The fourth-order valence-electron chi connectivity index (χ4n) is 7.18. The SMILES string of the molecule is CC1(C)CCC(CN2CCN(c3ccc(C(=O)NS(=O)(=O)c4cccc(C(F)(F)F)c4)c(Oc4ccc5[nH]ccc5c4)c3)CC2)=C(c2ccc(Cl)cc2)C1. The molecule has 7 rings (SSSR count). The van der Waals surface area contributed by atoms with Gasteiger partial charge in [-0.2, -0.15) is 13.2 Å². The van der Waals surface area contributed by atoms with E-state index in [0.717, 1.165) is 78.7 Å². The van der Waals surface area contributed by atoms with Gasteiger partial charge in [-0.15, -0.1) is 0 Å². The van der Waals surface area contributed by atoms with Gasteiger partial charge in [0.25, 0.3) is 15.9 Å². The Morgan fingerprint density at radius 1 is 0.944 bits per heavy atom. The van der Waals surface area contributed by atoms with E-state index in [9.17, 15) is 26.4 Å². The number of amides is 1. The number of nitrogens with one attached hydrogen (secondary N) is 2. The molecule has 2 heterocycles. The number of aromatic amines is 1. The summed E-state index contributed by atoms with van der Waals surface area (Å²) >= 11 is 6.21. The highest BCUT2D eigenvalue weighted by Crippen LogP contribution is 2.43. The van der Waals surface area contributed by atoms with Crippen molar-refractivity contribution in [2.24, 2.45) is 5.41 Å². The lowest BCUT2D eigenvalue weighted by atomic mass is 9.72. The molecule has 2 N–H and O–H groups in total. The van der Waals surface area contributed by atoms with Crippen molar-refractivity contribution in [2.75, 3.05) is 37.6 Å². The third-order valence-corrected chi connectivity index (χ3v) is 11.8.